The third-order valence-electron chi connectivity index (χ3n) is 4.01. The Balaban J connectivity index is 2.02. The standard InChI is InChI=1S/C18H17ClN2O3/c1-24-15-9-5-3-7-13(15)18(23)21-11-10-20-17(22)16(21)12-6-2-4-8-14(12)19/h2-9,16H,10-11H2,1H3,(H,20,22). The van der Waals surface area contributed by atoms with Crippen LogP contribution in [-0.4, -0.2) is 36.9 Å². The summed E-state index contributed by atoms with van der Waals surface area (Å²) in [5, 5.41) is 3.26. The Kier molecular flexibility index (Phi) is 4.71. The number of hydrogen-bond donors (Lipinski definition) is 1. The van der Waals surface area contributed by atoms with Gasteiger partial charge in [-0.15, -0.1) is 0 Å². The Morgan fingerprint density at radius 3 is 2.67 bits per heavy atom. The molecule has 24 heavy (non-hydrogen) atoms. The molecule has 2 aromatic carbocycles. The molecule has 1 heterocycles. The molecule has 0 spiro atoms. The summed E-state index contributed by atoms with van der Waals surface area (Å²) in [6.07, 6.45) is 0. The van der Waals surface area contributed by atoms with E-state index in [1.807, 2.05) is 0 Å². The van der Waals surface area contributed by atoms with Crippen LogP contribution in [0.4, 0.5) is 0 Å². The van der Waals surface area contributed by atoms with Crippen LogP contribution in [0.15, 0.2) is 48.5 Å². The van der Waals surface area contributed by atoms with Gasteiger partial charge in [-0.3, -0.25) is 9.59 Å². The van der Waals surface area contributed by atoms with Gasteiger partial charge in [0.05, 0.1) is 12.7 Å². The largest absolute Gasteiger partial charge is 0.496 e. The molecule has 1 N–H and O–H groups in total. The molecule has 2 amide bonds. The topological polar surface area (TPSA) is 58.6 Å². The minimum Gasteiger partial charge on any atom is -0.496 e. The van der Waals surface area contributed by atoms with Crippen LogP contribution in [0.3, 0.4) is 0 Å². The van der Waals surface area contributed by atoms with E-state index in [-0.39, 0.29) is 11.8 Å². The Hall–Kier alpha value is -2.53. The lowest BCUT2D eigenvalue weighted by atomic mass is 10.0. The molecule has 1 aliphatic rings. The van der Waals surface area contributed by atoms with Crippen molar-refractivity contribution in [3.05, 3.63) is 64.7 Å². The van der Waals surface area contributed by atoms with Gasteiger partial charge in [0.15, 0.2) is 0 Å². The monoisotopic (exact) mass is 344 g/mol. The summed E-state index contributed by atoms with van der Waals surface area (Å²) in [6, 6.07) is 13.3. The molecule has 1 fully saturated rings. The van der Waals surface area contributed by atoms with Crippen molar-refractivity contribution in [3.8, 4) is 5.75 Å². The fraction of sp³-hybridized carbons (Fsp3) is 0.222. The van der Waals surface area contributed by atoms with Crippen LogP contribution >= 0.6 is 11.6 Å². The molecule has 2 aromatic rings. The maximum atomic E-state index is 13.0. The molecule has 0 radical (unpaired) electrons. The molecule has 0 aliphatic carbocycles. The lowest BCUT2D eigenvalue weighted by Gasteiger charge is -2.36. The van der Waals surface area contributed by atoms with E-state index in [4.69, 9.17) is 16.3 Å². The van der Waals surface area contributed by atoms with E-state index in [0.29, 0.717) is 35.0 Å². The summed E-state index contributed by atoms with van der Waals surface area (Å²) in [6.45, 7) is 0.805. The van der Waals surface area contributed by atoms with E-state index < -0.39 is 6.04 Å². The highest BCUT2D eigenvalue weighted by molar-refractivity contribution is 6.31. The van der Waals surface area contributed by atoms with Crippen molar-refractivity contribution in [2.75, 3.05) is 20.2 Å². The van der Waals surface area contributed by atoms with Crippen molar-refractivity contribution in [1.82, 2.24) is 10.2 Å². The van der Waals surface area contributed by atoms with Crippen LogP contribution in [0.1, 0.15) is 22.0 Å². The predicted molar refractivity (Wildman–Crippen MR) is 91.2 cm³/mol. The highest BCUT2D eigenvalue weighted by Gasteiger charge is 2.36. The first kappa shape index (κ1) is 16.3. The van der Waals surface area contributed by atoms with Gasteiger partial charge in [0.25, 0.3) is 5.91 Å². The van der Waals surface area contributed by atoms with E-state index in [2.05, 4.69) is 5.32 Å². The smallest absolute Gasteiger partial charge is 0.258 e. The number of methoxy groups -OCH3 is 1. The van der Waals surface area contributed by atoms with E-state index in [1.54, 1.807) is 48.5 Å². The van der Waals surface area contributed by atoms with Crippen molar-refractivity contribution in [2.24, 2.45) is 0 Å². The number of carbonyl (C=O) groups is 2. The maximum Gasteiger partial charge on any atom is 0.258 e. The lowest BCUT2D eigenvalue weighted by molar-refractivity contribution is -0.128. The second-order valence-electron chi connectivity index (χ2n) is 5.41. The number of benzene rings is 2. The average Bonchev–Trinajstić information content (AvgIpc) is 2.61. The van der Waals surface area contributed by atoms with Crippen LogP contribution < -0.4 is 10.1 Å². The molecule has 3 rings (SSSR count). The molecular weight excluding hydrogens is 328 g/mol. The van der Waals surface area contributed by atoms with Crippen LogP contribution in [-0.2, 0) is 4.79 Å². The van der Waals surface area contributed by atoms with E-state index >= 15 is 0 Å². The number of para-hydroxylation sites is 1. The van der Waals surface area contributed by atoms with Gasteiger partial charge in [-0.05, 0) is 18.2 Å². The normalized spacial score (nSPS) is 17.3. The summed E-state index contributed by atoms with van der Waals surface area (Å²) in [7, 11) is 1.51. The fourth-order valence-corrected chi connectivity index (χ4v) is 3.11. The molecule has 6 heteroatoms. The molecule has 124 valence electrons. The third-order valence-corrected chi connectivity index (χ3v) is 4.35. The lowest BCUT2D eigenvalue weighted by Crippen LogP contribution is -2.52. The van der Waals surface area contributed by atoms with Gasteiger partial charge in [0.2, 0.25) is 5.91 Å². The summed E-state index contributed by atoms with van der Waals surface area (Å²) >= 11 is 6.25. The van der Waals surface area contributed by atoms with Gasteiger partial charge in [0.1, 0.15) is 11.8 Å². The first-order valence-electron chi connectivity index (χ1n) is 7.59. The number of rotatable bonds is 3. The summed E-state index contributed by atoms with van der Waals surface area (Å²) in [4.78, 5) is 27.0. The zero-order chi connectivity index (χ0) is 17.1. The van der Waals surface area contributed by atoms with Gasteiger partial charge >= 0.3 is 0 Å². The summed E-state index contributed by atoms with van der Waals surface area (Å²) in [5.74, 6) is -0.0174. The number of piperazine rings is 1. The van der Waals surface area contributed by atoms with Crippen molar-refractivity contribution >= 4 is 23.4 Å². The molecular formula is C18H17ClN2O3. The van der Waals surface area contributed by atoms with Gasteiger partial charge < -0.3 is 15.0 Å². The number of ether oxygens (including phenoxy) is 1. The van der Waals surface area contributed by atoms with Gasteiger partial charge in [0, 0.05) is 23.7 Å². The van der Waals surface area contributed by atoms with Crippen molar-refractivity contribution in [3.63, 3.8) is 0 Å². The van der Waals surface area contributed by atoms with Crippen LogP contribution in [0.2, 0.25) is 5.02 Å². The number of carbonyl (C=O) groups excluding carboxylic acids is 2. The Morgan fingerprint density at radius 1 is 1.21 bits per heavy atom. The summed E-state index contributed by atoms with van der Waals surface area (Å²) < 4.78 is 5.27. The predicted octanol–water partition coefficient (Wildman–Crippen LogP) is 2.66. The van der Waals surface area contributed by atoms with Crippen LogP contribution in [0, 0.1) is 0 Å². The highest BCUT2D eigenvalue weighted by Crippen LogP contribution is 2.31. The van der Waals surface area contributed by atoms with Crippen LogP contribution in [0.5, 0.6) is 5.75 Å². The number of amides is 2. The zero-order valence-corrected chi connectivity index (χ0v) is 13.9. The van der Waals surface area contributed by atoms with E-state index in [9.17, 15) is 9.59 Å². The van der Waals surface area contributed by atoms with Crippen LogP contribution in [0.25, 0.3) is 0 Å². The minimum atomic E-state index is -0.759. The molecule has 1 unspecified atom stereocenters. The number of nitrogens with one attached hydrogen (secondary N) is 1. The zero-order valence-electron chi connectivity index (χ0n) is 13.2. The molecule has 1 aliphatic heterocycles. The molecule has 1 saturated heterocycles. The first-order chi connectivity index (χ1) is 11.6. The van der Waals surface area contributed by atoms with E-state index in [0.717, 1.165) is 0 Å². The second kappa shape index (κ2) is 6.93. The number of halogens is 1. The first-order valence-corrected chi connectivity index (χ1v) is 7.97. The minimum absolute atomic E-state index is 0.238. The number of nitrogens with zero attached hydrogens (tertiary/aromatic N) is 1. The average molecular weight is 345 g/mol. The molecule has 0 saturated carbocycles. The Morgan fingerprint density at radius 2 is 1.92 bits per heavy atom. The Labute approximate surface area is 145 Å². The van der Waals surface area contributed by atoms with E-state index in [1.165, 1.54) is 12.0 Å². The van der Waals surface area contributed by atoms with Crippen molar-refractivity contribution in [2.45, 2.75) is 6.04 Å². The van der Waals surface area contributed by atoms with Crippen molar-refractivity contribution in [1.29, 1.82) is 0 Å². The second-order valence-corrected chi connectivity index (χ2v) is 5.82. The highest BCUT2D eigenvalue weighted by atomic mass is 35.5. The van der Waals surface area contributed by atoms with Gasteiger partial charge in [-0.25, -0.2) is 0 Å². The third kappa shape index (κ3) is 2.95. The fourth-order valence-electron chi connectivity index (χ4n) is 2.87. The summed E-state index contributed by atoms with van der Waals surface area (Å²) in [5.41, 5.74) is 1.03. The van der Waals surface area contributed by atoms with Gasteiger partial charge in [-0.1, -0.05) is 41.9 Å². The molecule has 0 bridgehead atoms. The molecule has 1 atom stereocenters. The SMILES string of the molecule is COc1ccccc1C(=O)N1CCNC(=O)C1c1ccccc1Cl. The molecule has 0 aromatic heterocycles. The number of hydrogen-bond acceptors (Lipinski definition) is 3. The van der Waals surface area contributed by atoms with Gasteiger partial charge in [-0.2, -0.15) is 0 Å². The van der Waals surface area contributed by atoms with Crippen molar-refractivity contribution < 1.29 is 14.3 Å². The quantitative estimate of drug-likeness (QED) is 0.931. The molecule has 5 nitrogen and oxygen atoms in total. The Bertz CT molecular complexity index is 778. The maximum absolute atomic E-state index is 13.0.